The molecule has 26 heavy (non-hydrogen) atoms. The smallest absolute Gasteiger partial charge is 0.271 e. The predicted octanol–water partition coefficient (Wildman–Crippen LogP) is 2.79. The summed E-state index contributed by atoms with van der Waals surface area (Å²) in [4.78, 5) is 20.1. The van der Waals surface area contributed by atoms with E-state index in [1.807, 2.05) is 60.7 Å². The van der Waals surface area contributed by atoms with Crippen molar-refractivity contribution in [1.82, 2.24) is 15.3 Å². The molecule has 5 nitrogen and oxygen atoms in total. The normalized spacial score (nSPS) is 13.2. The maximum Gasteiger partial charge on any atom is 0.271 e. The van der Waals surface area contributed by atoms with Crippen LogP contribution < -0.4 is 5.32 Å². The number of nitrogens with one attached hydrogen (secondary N) is 1. The SMILES string of the molecule is C[C@](O)(CNC(=O)c1cnccn1)C(c1ccccc1)c1ccccc1. The van der Waals surface area contributed by atoms with Gasteiger partial charge in [0.15, 0.2) is 0 Å². The Morgan fingerprint density at radius 3 is 2.12 bits per heavy atom. The summed E-state index contributed by atoms with van der Waals surface area (Å²) < 4.78 is 0. The summed E-state index contributed by atoms with van der Waals surface area (Å²) in [6, 6.07) is 19.6. The first-order valence-corrected chi connectivity index (χ1v) is 8.44. The predicted molar refractivity (Wildman–Crippen MR) is 99.7 cm³/mol. The molecule has 0 unspecified atom stereocenters. The Morgan fingerprint density at radius 2 is 1.62 bits per heavy atom. The molecule has 0 spiro atoms. The lowest BCUT2D eigenvalue weighted by molar-refractivity contribution is 0.0405. The quantitative estimate of drug-likeness (QED) is 0.719. The number of hydrogen-bond donors (Lipinski definition) is 2. The molecule has 2 N–H and O–H groups in total. The van der Waals surface area contributed by atoms with Crippen LogP contribution in [0.5, 0.6) is 0 Å². The van der Waals surface area contributed by atoms with Gasteiger partial charge in [-0.15, -0.1) is 0 Å². The molecule has 0 saturated carbocycles. The van der Waals surface area contributed by atoms with Gasteiger partial charge in [0.1, 0.15) is 5.69 Å². The van der Waals surface area contributed by atoms with Crippen molar-refractivity contribution in [2.45, 2.75) is 18.4 Å². The molecule has 1 heterocycles. The maximum atomic E-state index is 12.3. The highest BCUT2D eigenvalue weighted by atomic mass is 16.3. The summed E-state index contributed by atoms with van der Waals surface area (Å²) in [6.45, 7) is 1.81. The summed E-state index contributed by atoms with van der Waals surface area (Å²) in [5.74, 6) is -0.648. The number of carbonyl (C=O) groups is 1. The largest absolute Gasteiger partial charge is 0.387 e. The highest BCUT2D eigenvalue weighted by molar-refractivity contribution is 5.91. The zero-order valence-electron chi connectivity index (χ0n) is 14.5. The van der Waals surface area contributed by atoms with Crippen molar-refractivity contribution in [3.63, 3.8) is 0 Å². The molecule has 0 aliphatic heterocycles. The Labute approximate surface area is 152 Å². The van der Waals surface area contributed by atoms with E-state index in [-0.39, 0.29) is 24.1 Å². The zero-order valence-corrected chi connectivity index (χ0v) is 14.5. The Hall–Kier alpha value is -3.05. The van der Waals surface area contributed by atoms with Crippen molar-refractivity contribution < 1.29 is 9.90 Å². The molecule has 2 aromatic carbocycles. The molecule has 5 heteroatoms. The lowest BCUT2D eigenvalue weighted by atomic mass is 9.78. The molecule has 1 atom stereocenters. The van der Waals surface area contributed by atoms with Crippen molar-refractivity contribution in [3.8, 4) is 0 Å². The summed E-state index contributed by atoms with van der Waals surface area (Å²) >= 11 is 0. The van der Waals surface area contributed by atoms with Crippen LogP contribution in [0.3, 0.4) is 0 Å². The standard InChI is InChI=1S/C21H21N3O2/c1-21(26,15-24-20(25)18-14-22-12-13-23-18)19(16-8-4-2-5-9-16)17-10-6-3-7-11-17/h2-14,19,26H,15H2,1H3,(H,24,25)/t21-/m0/s1. The number of nitrogens with zero attached hydrogens (tertiary/aromatic N) is 2. The van der Waals surface area contributed by atoms with Crippen LogP contribution in [0.2, 0.25) is 0 Å². The summed E-state index contributed by atoms with van der Waals surface area (Å²) in [7, 11) is 0. The number of hydrogen-bond acceptors (Lipinski definition) is 4. The van der Waals surface area contributed by atoms with Gasteiger partial charge in [0.05, 0.1) is 11.8 Å². The van der Waals surface area contributed by atoms with Gasteiger partial charge in [0, 0.05) is 24.9 Å². The summed E-state index contributed by atoms with van der Waals surface area (Å²) in [5.41, 5.74) is 0.995. The second-order valence-corrected chi connectivity index (χ2v) is 6.38. The van der Waals surface area contributed by atoms with Crippen LogP contribution in [0.25, 0.3) is 0 Å². The van der Waals surface area contributed by atoms with Crippen LogP contribution in [0.1, 0.15) is 34.5 Å². The fraction of sp³-hybridized carbons (Fsp3) is 0.190. The fourth-order valence-corrected chi connectivity index (χ4v) is 3.07. The molecule has 1 amide bonds. The van der Waals surface area contributed by atoms with E-state index in [1.54, 1.807) is 6.92 Å². The Kier molecular flexibility index (Phi) is 5.39. The number of rotatable bonds is 6. The lowest BCUT2D eigenvalue weighted by Gasteiger charge is -2.34. The van der Waals surface area contributed by atoms with Gasteiger partial charge in [0.2, 0.25) is 0 Å². The lowest BCUT2D eigenvalue weighted by Crippen LogP contribution is -2.45. The topological polar surface area (TPSA) is 75.1 Å². The van der Waals surface area contributed by atoms with Crippen molar-refractivity contribution >= 4 is 5.91 Å². The van der Waals surface area contributed by atoms with Gasteiger partial charge >= 0.3 is 0 Å². The van der Waals surface area contributed by atoms with Crippen LogP contribution in [0, 0.1) is 0 Å². The third-order valence-corrected chi connectivity index (χ3v) is 4.29. The van der Waals surface area contributed by atoms with E-state index in [0.717, 1.165) is 11.1 Å². The van der Waals surface area contributed by atoms with E-state index in [1.165, 1.54) is 18.6 Å². The summed E-state index contributed by atoms with van der Waals surface area (Å²) in [5, 5.41) is 14.0. The molecule has 0 fully saturated rings. The average Bonchev–Trinajstić information content (AvgIpc) is 2.68. The molecule has 0 aliphatic rings. The van der Waals surface area contributed by atoms with Crippen molar-refractivity contribution in [1.29, 1.82) is 0 Å². The van der Waals surface area contributed by atoms with E-state index < -0.39 is 5.60 Å². The Morgan fingerprint density at radius 1 is 1.04 bits per heavy atom. The monoisotopic (exact) mass is 347 g/mol. The van der Waals surface area contributed by atoms with Gasteiger partial charge in [-0.05, 0) is 18.1 Å². The highest BCUT2D eigenvalue weighted by Crippen LogP contribution is 2.34. The number of aromatic nitrogens is 2. The first-order chi connectivity index (χ1) is 12.6. The minimum atomic E-state index is -1.19. The van der Waals surface area contributed by atoms with Crippen molar-refractivity contribution in [2.24, 2.45) is 0 Å². The molecule has 0 bridgehead atoms. The number of amides is 1. The number of aliphatic hydroxyl groups is 1. The van der Waals surface area contributed by atoms with Gasteiger partial charge in [-0.2, -0.15) is 0 Å². The van der Waals surface area contributed by atoms with Gasteiger partial charge in [-0.3, -0.25) is 9.78 Å². The minimum absolute atomic E-state index is 0.0802. The molecular formula is C21H21N3O2. The van der Waals surface area contributed by atoms with Crippen LogP contribution in [-0.4, -0.2) is 33.1 Å². The second kappa shape index (κ2) is 7.89. The van der Waals surface area contributed by atoms with E-state index in [0.29, 0.717) is 0 Å². The first kappa shape index (κ1) is 17.8. The third kappa shape index (κ3) is 4.13. The van der Waals surface area contributed by atoms with Gasteiger partial charge in [-0.25, -0.2) is 4.98 Å². The van der Waals surface area contributed by atoms with Gasteiger partial charge in [-0.1, -0.05) is 60.7 Å². The van der Waals surface area contributed by atoms with E-state index in [4.69, 9.17) is 0 Å². The summed E-state index contributed by atoms with van der Waals surface area (Å²) in [6.07, 6.45) is 4.37. The minimum Gasteiger partial charge on any atom is -0.387 e. The van der Waals surface area contributed by atoms with Crippen LogP contribution >= 0.6 is 0 Å². The maximum absolute atomic E-state index is 12.3. The van der Waals surface area contributed by atoms with Crippen molar-refractivity contribution in [3.05, 3.63) is 96.1 Å². The first-order valence-electron chi connectivity index (χ1n) is 8.44. The third-order valence-electron chi connectivity index (χ3n) is 4.29. The molecule has 0 radical (unpaired) electrons. The van der Waals surface area contributed by atoms with Crippen molar-refractivity contribution in [2.75, 3.05) is 6.54 Å². The van der Waals surface area contributed by atoms with Gasteiger partial charge < -0.3 is 10.4 Å². The molecule has 0 saturated heterocycles. The molecule has 3 rings (SSSR count). The molecular weight excluding hydrogens is 326 g/mol. The molecule has 132 valence electrons. The average molecular weight is 347 g/mol. The van der Waals surface area contributed by atoms with Crippen LogP contribution in [0.4, 0.5) is 0 Å². The highest BCUT2D eigenvalue weighted by Gasteiger charge is 2.34. The fourth-order valence-electron chi connectivity index (χ4n) is 3.07. The molecule has 0 aliphatic carbocycles. The molecule has 1 aromatic heterocycles. The van der Waals surface area contributed by atoms with E-state index in [2.05, 4.69) is 15.3 Å². The number of benzene rings is 2. The number of carbonyl (C=O) groups excluding carboxylic acids is 1. The molecule has 3 aromatic rings. The second-order valence-electron chi connectivity index (χ2n) is 6.38. The van der Waals surface area contributed by atoms with Crippen LogP contribution in [0.15, 0.2) is 79.3 Å². The Bertz CT molecular complexity index is 797. The zero-order chi connectivity index (χ0) is 18.4. The van der Waals surface area contributed by atoms with E-state index in [9.17, 15) is 9.90 Å². The van der Waals surface area contributed by atoms with E-state index >= 15 is 0 Å². The van der Waals surface area contributed by atoms with Gasteiger partial charge in [0.25, 0.3) is 5.91 Å². The Balaban J connectivity index is 1.84. The van der Waals surface area contributed by atoms with Crippen LogP contribution in [-0.2, 0) is 0 Å².